The SMILES string of the molecule is COC(C)CCC(O)c1ccnn1C. The molecule has 4 nitrogen and oxygen atoms in total. The predicted molar refractivity (Wildman–Crippen MR) is 53.9 cm³/mol. The van der Waals surface area contributed by atoms with Gasteiger partial charge in [0.15, 0.2) is 0 Å². The summed E-state index contributed by atoms with van der Waals surface area (Å²) in [4.78, 5) is 0. The Kier molecular flexibility index (Phi) is 4.10. The third kappa shape index (κ3) is 2.82. The minimum absolute atomic E-state index is 0.192. The molecule has 1 heterocycles. The first-order chi connectivity index (χ1) is 6.65. The number of hydrogen-bond acceptors (Lipinski definition) is 3. The van der Waals surface area contributed by atoms with Crippen LogP contribution in [0.5, 0.6) is 0 Å². The second-order valence-electron chi connectivity index (χ2n) is 3.52. The van der Waals surface area contributed by atoms with Gasteiger partial charge in [-0.1, -0.05) is 0 Å². The van der Waals surface area contributed by atoms with E-state index in [9.17, 15) is 5.11 Å². The molecule has 0 aliphatic carbocycles. The maximum absolute atomic E-state index is 9.82. The number of aryl methyl sites for hydroxylation is 1. The molecule has 1 aromatic rings. The summed E-state index contributed by atoms with van der Waals surface area (Å²) in [7, 11) is 3.51. The van der Waals surface area contributed by atoms with Crippen LogP contribution < -0.4 is 0 Å². The molecule has 2 unspecified atom stereocenters. The first kappa shape index (κ1) is 11.2. The highest BCUT2D eigenvalue weighted by Gasteiger charge is 2.12. The monoisotopic (exact) mass is 198 g/mol. The Labute approximate surface area is 84.5 Å². The number of aliphatic hydroxyl groups excluding tert-OH is 1. The van der Waals surface area contributed by atoms with E-state index in [1.165, 1.54) is 0 Å². The highest BCUT2D eigenvalue weighted by Crippen LogP contribution is 2.18. The van der Waals surface area contributed by atoms with E-state index in [1.54, 1.807) is 18.0 Å². The highest BCUT2D eigenvalue weighted by molar-refractivity contribution is 5.03. The second-order valence-corrected chi connectivity index (χ2v) is 3.52. The molecule has 80 valence electrons. The highest BCUT2D eigenvalue weighted by atomic mass is 16.5. The molecule has 0 fully saturated rings. The van der Waals surface area contributed by atoms with Crippen molar-refractivity contribution in [2.75, 3.05) is 7.11 Å². The lowest BCUT2D eigenvalue weighted by Crippen LogP contribution is -2.10. The Morgan fingerprint density at radius 2 is 2.29 bits per heavy atom. The minimum Gasteiger partial charge on any atom is -0.387 e. The van der Waals surface area contributed by atoms with E-state index in [4.69, 9.17) is 4.74 Å². The summed E-state index contributed by atoms with van der Waals surface area (Å²) in [6, 6.07) is 1.84. The van der Waals surface area contributed by atoms with Gasteiger partial charge in [-0.3, -0.25) is 4.68 Å². The molecule has 14 heavy (non-hydrogen) atoms. The fourth-order valence-corrected chi connectivity index (χ4v) is 1.37. The normalized spacial score (nSPS) is 15.4. The molecule has 0 saturated carbocycles. The average molecular weight is 198 g/mol. The van der Waals surface area contributed by atoms with Crippen molar-refractivity contribution < 1.29 is 9.84 Å². The van der Waals surface area contributed by atoms with Crippen molar-refractivity contribution in [2.24, 2.45) is 7.05 Å². The third-order valence-corrected chi connectivity index (χ3v) is 2.45. The first-order valence-electron chi connectivity index (χ1n) is 4.84. The van der Waals surface area contributed by atoms with Crippen molar-refractivity contribution in [3.05, 3.63) is 18.0 Å². The van der Waals surface area contributed by atoms with Crippen LogP contribution in [0, 0.1) is 0 Å². The molecule has 0 aromatic carbocycles. The van der Waals surface area contributed by atoms with Crippen molar-refractivity contribution in [3.63, 3.8) is 0 Å². The van der Waals surface area contributed by atoms with Gasteiger partial charge in [0.25, 0.3) is 0 Å². The smallest absolute Gasteiger partial charge is 0.0957 e. The Morgan fingerprint density at radius 3 is 2.79 bits per heavy atom. The van der Waals surface area contributed by atoms with E-state index in [2.05, 4.69) is 5.10 Å². The summed E-state index contributed by atoms with van der Waals surface area (Å²) in [6.45, 7) is 2.00. The third-order valence-electron chi connectivity index (χ3n) is 2.45. The zero-order valence-electron chi connectivity index (χ0n) is 8.97. The maximum atomic E-state index is 9.82. The molecule has 0 aliphatic heterocycles. The van der Waals surface area contributed by atoms with Gasteiger partial charge in [-0.05, 0) is 25.8 Å². The van der Waals surface area contributed by atoms with Crippen LogP contribution >= 0.6 is 0 Å². The van der Waals surface area contributed by atoms with Crippen LogP contribution in [0.25, 0.3) is 0 Å². The fourth-order valence-electron chi connectivity index (χ4n) is 1.37. The van der Waals surface area contributed by atoms with E-state index in [-0.39, 0.29) is 6.10 Å². The van der Waals surface area contributed by atoms with Crippen LogP contribution in [0.1, 0.15) is 31.6 Å². The summed E-state index contributed by atoms with van der Waals surface area (Å²) < 4.78 is 6.81. The number of ether oxygens (including phenoxy) is 1. The summed E-state index contributed by atoms with van der Waals surface area (Å²) in [5, 5.41) is 13.8. The molecule has 1 rings (SSSR count). The zero-order valence-corrected chi connectivity index (χ0v) is 8.97. The van der Waals surface area contributed by atoms with E-state index in [1.807, 2.05) is 20.0 Å². The molecule has 2 atom stereocenters. The summed E-state index contributed by atoms with van der Waals surface area (Å²) >= 11 is 0. The number of hydrogen-bond donors (Lipinski definition) is 1. The Hall–Kier alpha value is -0.870. The zero-order chi connectivity index (χ0) is 10.6. The molecule has 0 amide bonds. The summed E-state index contributed by atoms with van der Waals surface area (Å²) in [5.74, 6) is 0. The first-order valence-corrected chi connectivity index (χ1v) is 4.84. The van der Waals surface area contributed by atoms with Crippen LogP contribution in [0.3, 0.4) is 0 Å². The van der Waals surface area contributed by atoms with Gasteiger partial charge in [0, 0.05) is 20.4 Å². The van der Waals surface area contributed by atoms with Gasteiger partial charge in [-0.25, -0.2) is 0 Å². The van der Waals surface area contributed by atoms with Crippen molar-refractivity contribution in [2.45, 2.75) is 32.0 Å². The number of aromatic nitrogens is 2. The van der Waals surface area contributed by atoms with Crippen molar-refractivity contribution in [3.8, 4) is 0 Å². The number of nitrogens with zero attached hydrogens (tertiary/aromatic N) is 2. The van der Waals surface area contributed by atoms with Crippen molar-refractivity contribution >= 4 is 0 Å². The van der Waals surface area contributed by atoms with Gasteiger partial charge in [-0.2, -0.15) is 5.10 Å². The van der Waals surface area contributed by atoms with Gasteiger partial charge in [0.05, 0.1) is 17.9 Å². The van der Waals surface area contributed by atoms with E-state index in [0.717, 1.165) is 12.1 Å². The minimum atomic E-state index is -0.444. The Bertz CT molecular complexity index is 273. The van der Waals surface area contributed by atoms with E-state index >= 15 is 0 Å². The van der Waals surface area contributed by atoms with Crippen LogP contribution in [-0.4, -0.2) is 28.1 Å². The van der Waals surface area contributed by atoms with Crippen LogP contribution in [0.4, 0.5) is 0 Å². The Morgan fingerprint density at radius 1 is 1.57 bits per heavy atom. The van der Waals surface area contributed by atoms with Gasteiger partial charge >= 0.3 is 0 Å². The molecule has 1 N–H and O–H groups in total. The van der Waals surface area contributed by atoms with Gasteiger partial charge < -0.3 is 9.84 Å². The molecule has 4 heteroatoms. The lowest BCUT2D eigenvalue weighted by atomic mass is 10.1. The van der Waals surface area contributed by atoms with E-state index < -0.39 is 6.10 Å². The average Bonchev–Trinajstić information content (AvgIpc) is 2.60. The standard InChI is InChI=1S/C10H18N2O2/c1-8(14-3)4-5-10(13)9-6-7-11-12(9)2/h6-8,10,13H,4-5H2,1-3H3. The second kappa shape index (κ2) is 5.12. The maximum Gasteiger partial charge on any atom is 0.0957 e. The van der Waals surface area contributed by atoms with Crippen LogP contribution in [0.2, 0.25) is 0 Å². The predicted octanol–water partition coefficient (Wildman–Crippen LogP) is 1.27. The Balaban J connectivity index is 2.43. The largest absolute Gasteiger partial charge is 0.387 e. The molecular weight excluding hydrogens is 180 g/mol. The molecule has 0 spiro atoms. The van der Waals surface area contributed by atoms with Gasteiger partial charge in [-0.15, -0.1) is 0 Å². The molecule has 0 radical (unpaired) electrons. The number of rotatable bonds is 5. The lowest BCUT2D eigenvalue weighted by Gasteiger charge is -2.13. The van der Waals surface area contributed by atoms with Crippen molar-refractivity contribution in [1.29, 1.82) is 0 Å². The summed E-state index contributed by atoms with van der Waals surface area (Å²) in [5.41, 5.74) is 0.855. The number of methoxy groups -OCH3 is 1. The van der Waals surface area contributed by atoms with Crippen LogP contribution in [-0.2, 0) is 11.8 Å². The lowest BCUT2D eigenvalue weighted by molar-refractivity contribution is 0.0828. The van der Waals surface area contributed by atoms with Gasteiger partial charge in [0.1, 0.15) is 0 Å². The van der Waals surface area contributed by atoms with Gasteiger partial charge in [0.2, 0.25) is 0 Å². The molecule has 0 saturated heterocycles. The van der Waals surface area contributed by atoms with Crippen LogP contribution in [0.15, 0.2) is 12.3 Å². The van der Waals surface area contributed by atoms with E-state index in [0.29, 0.717) is 6.42 Å². The fraction of sp³-hybridized carbons (Fsp3) is 0.700. The quantitative estimate of drug-likeness (QED) is 0.775. The topological polar surface area (TPSA) is 47.3 Å². The summed E-state index contributed by atoms with van der Waals surface area (Å²) in [6.07, 6.45) is 2.99. The number of aliphatic hydroxyl groups is 1. The molecule has 0 bridgehead atoms. The van der Waals surface area contributed by atoms with Crippen molar-refractivity contribution in [1.82, 2.24) is 9.78 Å². The molecule has 0 aliphatic rings. The molecule has 1 aromatic heterocycles. The molecular formula is C10H18N2O2.